The van der Waals surface area contributed by atoms with Crippen LogP contribution >= 0.6 is 0 Å². The molecule has 3 N–H and O–H groups in total. The Balaban J connectivity index is 2.88. The number of halogens is 2. The lowest BCUT2D eigenvalue weighted by Gasteiger charge is -2.26. The molecule has 0 aliphatic carbocycles. The Morgan fingerprint density at radius 3 is 2.62 bits per heavy atom. The SMILES string of the molecule is CCn1cc(C(=O)O)c(=O)c2cc(F)c(N(CC=O)CC(C)N)c(F)c21. The highest BCUT2D eigenvalue weighted by molar-refractivity contribution is 5.94. The first-order valence-electron chi connectivity index (χ1n) is 7.95. The first-order valence-corrected chi connectivity index (χ1v) is 7.95. The third kappa shape index (κ3) is 3.43. The van der Waals surface area contributed by atoms with Crippen molar-refractivity contribution in [3.05, 3.63) is 39.7 Å². The van der Waals surface area contributed by atoms with E-state index in [9.17, 15) is 18.8 Å². The number of nitrogens with two attached hydrogens (primary N) is 1. The first kappa shape index (κ1) is 19.5. The highest BCUT2D eigenvalue weighted by Gasteiger charge is 2.25. The van der Waals surface area contributed by atoms with Gasteiger partial charge in [0.1, 0.15) is 23.4 Å². The third-order valence-electron chi connectivity index (χ3n) is 3.92. The van der Waals surface area contributed by atoms with Crippen molar-refractivity contribution < 1.29 is 23.5 Å². The number of aromatic carboxylic acids is 1. The number of benzene rings is 1. The Labute approximate surface area is 147 Å². The van der Waals surface area contributed by atoms with Gasteiger partial charge >= 0.3 is 5.97 Å². The quantitative estimate of drug-likeness (QED) is 0.716. The number of anilines is 1. The summed E-state index contributed by atoms with van der Waals surface area (Å²) in [4.78, 5) is 35.6. The number of carbonyl (C=O) groups is 2. The standard InChI is InChI=1S/C17H19F2N3O4/c1-3-21-8-11(17(25)26)16(24)10-6-12(18)15(13(19)14(10)21)22(4-5-23)7-9(2)20/h5-6,8-9H,3-4,7,20H2,1-2H3,(H,25,26). The number of aromatic nitrogens is 1. The maximum atomic E-state index is 15.2. The van der Waals surface area contributed by atoms with Crippen molar-refractivity contribution in [1.82, 2.24) is 4.57 Å². The van der Waals surface area contributed by atoms with Gasteiger partial charge in [-0.2, -0.15) is 0 Å². The van der Waals surface area contributed by atoms with Crippen LogP contribution in [0.15, 0.2) is 17.1 Å². The van der Waals surface area contributed by atoms with Crippen molar-refractivity contribution in [2.45, 2.75) is 26.4 Å². The van der Waals surface area contributed by atoms with E-state index in [1.807, 2.05) is 0 Å². The van der Waals surface area contributed by atoms with Gasteiger partial charge in [-0.05, 0) is 19.9 Å². The molecule has 26 heavy (non-hydrogen) atoms. The summed E-state index contributed by atoms with van der Waals surface area (Å²) in [5, 5.41) is 8.76. The molecule has 2 aromatic rings. The molecule has 7 nitrogen and oxygen atoms in total. The Kier molecular flexibility index (Phi) is 5.71. The lowest BCUT2D eigenvalue weighted by Crippen LogP contribution is -2.38. The minimum atomic E-state index is -1.48. The second-order valence-corrected chi connectivity index (χ2v) is 5.93. The maximum Gasteiger partial charge on any atom is 0.341 e. The molecule has 0 fully saturated rings. The van der Waals surface area contributed by atoms with Crippen LogP contribution in [0.2, 0.25) is 0 Å². The first-order chi connectivity index (χ1) is 12.2. The van der Waals surface area contributed by atoms with Crippen molar-refractivity contribution in [2.75, 3.05) is 18.0 Å². The van der Waals surface area contributed by atoms with Crippen LogP contribution in [0.3, 0.4) is 0 Å². The molecule has 0 aliphatic rings. The molecule has 1 unspecified atom stereocenters. The summed E-state index contributed by atoms with van der Waals surface area (Å²) in [6.45, 7) is 3.13. The number of hydrogen-bond acceptors (Lipinski definition) is 5. The largest absolute Gasteiger partial charge is 0.477 e. The van der Waals surface area contributed by atoms with E-state index in [1.54, 1.807) is 13.8 Å². The van der Waals surface area contributed by atoms with Crippen LogP contribution in [0.4, 0.5) is 14.5 Å². The number of aldehydes is 1. The lowest BCUT2D eigenvalue weighted by atomic mass is 10.1. The monoisotopic (exact) mass is 367 g/mol. The minimum Gasteiger partial charge on any atom is -0.477 e. The Hall–Kier alpha value is -2.81. The molecular formula is C17H19F2N3O4. The topological polar surface area (TPSA) is 106 Å². The predicted molar refractivity (Wildman–Crippen MR) is 92.7 cm³/mol. The average Bonchev–Trinajstić information content (AvgIpc) is 2.55. The molecule has 0 bridgehead atoms. The molecule has 0 aliphatic heterocycles. The van der Waals surface area contributed by atoms with Crippen molar-refractivity contribution in [3.63, 3.8) is 0 Å². The van der Waals surface area contributed by atoms with Crippen LogP contribution in [0, 0.1) is 11.6 Å². The van der Waals surface area contributed by atoms with Gasteiger partial charge in [-0.15, -0.1) is 0 Å². The molecule has 0 spiro atoms. The van der Waals surface area contributed by atoms with E-state index in [2.05, 4.69) is 0 Å². The van der Waals surface area contributed by atoms with Gasteiger partial charge in [0.05, 0.1) is 17.4 Å². The Bertz CT molecular complexity index is 925. The minimum absolute atomic E-state index is 0.0155. The van der Waals surface area contributed by atoms with Crippen LogP contribution in [0.5, 0.6) is 0 Å². The number of rotatable bonds is 7. The molecular weight excluding hydrogens is 348 g/mol. The number of carboxylic acid groups (broad SMARTS) is 1. The molecule has 9 heteroatoms. The van der Waals surface area contributed by atoms with E-state index in [-0.39, 0.29) is 30.5 Å². The smallest absolute Gasteiger partial charge is 0.341 e. The fourth-order valence-electron chi connectivity index (χ4n) is 2.86. The van der Waals surface area contributed by atoms with Gasteiger partial charge in [0.25, 0.3) is 0 Å². The summed E-state index contributed by atoms with van der Waals surface area (Å²) >= 11 is 0. The Morgan fingerprint density at radius 2 is 2.12 bits per heavy atom. The van der Waals surface area contributed by atoms with Crippen LogP contribution in [-0.4, -0.2) is 41.1 Å². The summed E-state index contributed by atoms with van der Waals surface area (Å²) in [5.41, 5.74) is 3.43. The number of carbonyl (C=O) groups excluding carboxylic acids is 1. The van der Waals surface area contributed by atoms with Gasteiger partial charge in [0.2, 0.25) is 5.43 Å². The predicted octanol–water partition coefficient (Wildman–Crippen LogP) is 1.35. The summed E-state index contributed by atoms with van der Waals surface area (Å²) in [6, 6.07) is 0.334. The second-order valence-electron chi connectivity index (χ2n) is 5.93. The molecule has 1 heterocycles. The van der Waals surface area contributed by atoms with Gasteiger partial charge in [0.15, 0.2) is 5.82 Å². The number of fused-ring (bicyclic) bond motifs is 1. The fraction of sp³-hybridized carbons (Fsp3) is 0.353. The zero-order chi connectivity index (χ0) is 19.6. The number of pyridine rings is 1. The molecule has 140 valence electrons. The van der Waals surface area contributed by atoms with Crippen molar-refractivity contribution >= 4 is 28.8 Å². The molecule has 0 amide bonds. The highest BCUT2D eigenvalue weighted by atomic mass is 19.1. The fourth-order valence-corrected chi connectivity index (χ4v) is 2.86. The Morgan fingerprint density at radius 1 is 1.46 bits per heavy atom. The summed E-state index contributed by atoms with van der Waals surface area (Å²) in [6.07, 6.45) is 1.51. The van der Waals surface area contributed by atoms with E-state index in [4.69, 9.17) is 10.8 Å². The van der Waals surface area contributed by atoms with Gasteiger partial charge in [0, 0.05) is 25.3 Å². The van der Waals surface area contributed by atoms with Crippen LogP contribution in [0.25, 0.3) is 10.9 Å². The van der Waals surface area contributed by atoms with Crippen LogP contribution < -0.4 is 16.1 Å². The van der Waals surface area contributed by atoms with Crippen LogP contribution in [-0.2, 0) is 11.3 Å². The van der Waals surface area contributed by atoms with Gasteiger partial charge in [-0.25, -0.2) is 13.6 Å². The van der Waals surface area contributed by atoms with Crippen molar-refractivity contribution in [1.29, 1.82) is 0 Å². The number of hydrogen-bond donors (Lipinski definition) is 2. The zero-order valence-corrected chi connectivity index (χ0v) is 14.3. The highest BCUT2D eigenvalue weighted by Crippen LogP contribution is 2.30. The number of aryl methyl sites for hydroxylation is 1. The zero-order valence-electron chi connectivity index (χ0n) is 14.3. The molecule has 1 aromatic heterocycles. The van der Waals surface area contributed by atoms with Crippen molar-refractivity contribution in [3.8, 4) is 0 Å². The van der Waals surface area contributed by atoms with Gasteiger partial charge < -0.3 is 25.1 Å². The average molecular weight is 367 g/mol. The van der Waals surface area contributed by atoms with Crippen molar-refractivity contribution in [2.24, 2.45) is 5.73 Å². The number of nitrogens with zero attached hydrogens (tertiary/aromatic N) is 2. The second kappa shape index (κ2) is 7.61. The number of carboxylic acids is 1. The van der Waals surface area contributed by atoms with E-state index in [1.165, 1.54) is 4.57 Å². The molecule has 2 rings (SSSR count). The summed E-state index contributed by atoms with van der Waals surface area (Å²) in [5.74, 6) is -3.60. The molecule has 1 atom stereocenters. The van der Waals surface area contributed by atoms with E-state index < -0.39 is 40.3 Å². The maximum absolute atomic E-state index is 15.2. The van der Waals surface area contributed by atoms with Gasteiger partial charge in [-0.3, -0.25) is 4.79 Å². The summed E-state index contributed by atoms with van der Waals surface area (Å²) < 4.78 is 31.0. The molecule has 0 radical (unpaired) electrons. The van der Waals surface area contributed by atoms with E-state index in [0.29, 0.717) is 6.29 Å². The van der Waals surface area contributed by atoms with E-state index in [0.717, 1.165) is 17.2 Å². The van der Waals surface area contributed by atoms with Crippen LogP contribution in [0.1, 0.15) is 24.2 Å². The lowest BCUT2D eigenvalue weighted by molar-refractivity contribution is -0.106. The summed E-state index contributed by atoms with van der Waals surface area (Å²) in [7, 11) is 0. The molecule has 0 saturated heterocycles. The molecule has 0 saturated carbocycles. The van der Waals surface area contributed by atoms with Gasteiger partial charge in [-0.1, -0.05) is 0 Å². The third-order valence-corrected chi connectivity index (χ3v) is 3.92. The van der Waals surface area contributed by atoms with E-state index >= 15 is 4.39 Å². The normalized spacial score (nSPS) is 12.2. The molecule has 1 aromatic carbocycles.